The van der Waals surface area contributed by atoms with Gasteiger partial charge in [-0.15, -0.1) is 7.92 Å². The van der Waals surface area contributed by atoms with E-state index in [1.54, 1.807) is 0 Å². The molecular weight excluding hydrogens is 734 g/mol. The summed E-state index contributed by atoms with van der Waals surface area (Å²) in [6.45, 7) is 11.2. The zero-order valence-electron chi connectivity index (χ0n) is 39.9. The number of hydrogen-bond donors (Lipinski definition) is 0. The Bertz CT molecular complexity index is 854. The number of hydrogen-bond acceptors (Lipinski definition) is 5. The minimum absolute atomic E-state index is 0.0335. The van der Waals surface area contributed by atoms with Crippen LogP contribution < -0.4 is 0 Å². The summed E-state index contributed by atoms with van der Waals surface area (Å²) in [4.78, 5) is 26.7. The Hall–Kier alpha value is -1.19. The lowest BCUT2D eigenvalue weighted by Crippen LogP contribution is -2.13. The van der Waals surface area contributed by atoms with Crippen molar-refractivity contribution in [3.63, 3.8) is 0 Å². The minimum atomic E-state index is -0.0335. The third kappa shape index (κ3) is 41.5. The summed E-state index contributed by atoms with van der Waals surface area (Å²) in [6.07, 6.45) is 52.2. The van der Waals surface area contributed by atoms with Crippen LogP contribution in [0.4, 0.5) is 0 Å². The predicted molar refractivity (Wildman–Crippen MR) is 258 cm³/mol. The number of nitrogens with zero attached hydrogens (tertiary/aromatic N) is 1. The van der Waals surface area contributed by atoms with Crippen LogP contribution in [0.15, 0.2) is 24.3 Å². The van der Waals surface area contributed by atoms with E-state index in [4.69, 9.17) is 9.47 Å². The fourth-order valence-electron chi connectivity index (χ4n) is 7.95. The lowest BCUT2D eigenvalue weighted by atomic mass is 9.93. The van der Waals surface area contributed by atoms with Gasteiger partial charge < -0.3 is 14.4 Å². The topological polar surface area (TPSA) is 55.8 Å². The number of carbonyl (C=O) groups is 2. The van der Waals surface area contributed by atoms with Crippen LogP contribution >= 0.6 is 7.92 Å². The van der Waals surface area contributed by atoms with E-state index in [1.165, 1.54) is 179 Å². The second kappa shape index (κ2) is 45.3. The van der Waals surface area contributed by atoms with Crippen LogP contribution in [0, 0.1) is 11.8 Å². The van der Waals surface area contributed by atoms with E-state index in [9.17, 15) is 9.59 Å². The zero-order chi connectivity index (χ0) is 42.6. The van der Waals surface area contributed by atoms with Crippen LogP contribution in [0.3, 0.4) is 0 Å². The largest absolute Gasteiger partial charge is 0.461 e. The first-order valence-corrected chi connectivity index (χ1v) is 27.2. The molecule has 0 bridgehead atoms. The molecule has 58 heavy (non-hydrogen) atoms. The fourth-order valence-corrected chi connectivity index (χ4v) is 10.6. The van der Waals surface area contributed by atoms with E-state index in [0.717, 1.165) is 50.4 Å². The molecule has 0 aliphatic heterocycles. The number of carbonyl (C=O) groups excluding carboxylic acids is 2. The quantitative estimate of drug-likeness (QED) is 0.0265. The van der Waals surface area contributed by atoms with Crippen molar-refractivity contribution in [2.75, 3.05) is 52.3 Å². The fraction of sp³-hybridized carbons (Fsp3) is 0.885. The minimum Gasteiger partial charge on any atom is -0.461 e. The molecule has 0 radical (unpaired) electrons. The van der Waals surface area contributed by atoms with Crippen LogP contribution in [0.5, 0.6) is 0 Å². The van der Waals surface area contributed by atoms with E-state index in [-0.39, 0.29) is 19.9 Å². The molecule has 0 unspecified atom stereocenters. The summed E-state index contributed by atoms with van der Waals surface area (Å²) in [5, 5.41) is 0. The molecule has 0 N–H and O–H groups in total. The zero-order valence-corrected chi connectivity index (χ0v) is 40.8. The van der Waals surface area contributed by atoms with Crippen molar-refractivity contribution in [1.82, 2.24) is 4.90 Å². The summed E-state index contributed by atoms with van der Waals surface area (Å²) in [6, 6.07) is 0. The molecule has 0 heterocycles. The van der Waals surface area contributed by atoms with E-state index >= 15 is 0 Å². The summed E-state index contributed by atoms with van der Waals surface area (Å²) >= 11 is 0. The molecule has 0 aliphatic carbocycles. The molecule has 0 amide bonds. The first-order valence-electron chi connectivity index (χ1n) is 25.3. The molecule has 342 valence electrons. The van der Waals surface area contributed by atoms with Crippen molar-refractivity contribution in [3.8, 4) is 0 Å². The molecule has 6 heteroatoms. The third-order valence-electron chi connectivity index (χ3n) is 11.9. The number of rotatable bonds is 45. The van der Waals surface area contributed by atoms with E-state index < -0.39 is 0 Å². The SMILES string of the molecule is CCCCC(C/C=C\COC(=O)CCCCCCCCCP(CCCCCCCCCC(=O)OC/C=C\CC(CCCC)CCCC)CCCCN(C)C)CCCC. The molecule has 0 atom stereocenters. The smallest absolute Gasteiger partial charge is 0.306 e. The van der Waals surface area contributed by atoms with Gasteiger partial charge in [-0.05, 0) is 102 Å². The first kappa shape index (κ1) is 56.8. The maximum atomic E-state index is 12.2. The first-order chi connectivity index (χ1) is 28.4. The average Bonchev–Trinajstić information content (AvgIpc) is 3.21. The van der Waals surface area contributed by atoms with Crippen molar-refractivity contribution < 1.29 is 19.1 Å². The number of unbranched alkanes of at least 4 members (excludes halogenated alkanes) is 17. The van der Waals surface area contributed by atoms with Crippen molar-refractivity contribution >= 4 is 19.9 Å². The Balaban J connectivity index is 4.02. The van der Waals surface area contributed by atoms with Gasteiger partial charge in [0.15, 0.2) is 0 Å². The number of allylic oxidation sites excluding steroid dienone is 2. The average molecular weight is 834 g/mol. The molecule has 0 rings (SSSR count). The summed E-state index contributed by atoms with van der Waals surface area (Å²) in [5.74, 6) is 1.50. The van der Waals surface area contributed by atoms with E-state index in [1.807, 2.05) is 0 Å². The van der Waals surface area contributed by atoms with Crippen LogP contribution in [0.1, 0.15) is 233 Å². The van der Waals surface area contributed by atoms with Gasteiger partial charge >= 0.3 is 11.9 Å². The second-order valence-electron chi connectivity index (χ2n) is 17.9. The molecular formula is C52H100NO4P. The van der Waals surface area contributed by atoms with Gasteiger partial charge in [-0.2, -0.15) is 0 Å². The third-order valence-corrected chi connectivity index (χ3v) is 14.7. The monoisotopic (exact) mass is 834 g/mol. The van der Waals surface area contributed by atoms with Crippen molar-refractivity contribution in [2.45, 2.75) is 233 Å². The lowest BCUT2D eigenvalue weighted by Gasteiger charge is -2.18. The Morgan fingerprint density at radius 3 is 1.12 bits per heavy atom. The summed E-state index contributed by atoms with van der Waals surface area (Å²) < 4.78 is 10.9. The van der Waals surface area contributed by atoms with Gasteiger partial charge in [-0.1, -0.05) is 193 Å². The summed E-state index contributed by atoms with van der Waals surface area (Å²) in [5.41, 5.74) is 0. The second-order valence-corrected chi connectivity index (χ2v) is 20.6. The van der Waals surface area contributed by atoms with Crippen molar-refractivity contribution in [1.29, 1.82) is 0 Å². The Morgan fingerprint density at radius 1 is 0.448 bits per heavy atom. The van der Waals surface area contributed by atoms with Gasteiger partial charge in [0.25, 0.3) is 0 Å². The highest BCUT2D eigenvalue weighted by Crippen LogP contribution is 2.39. The van der Waals surface area contributed by atoms with Crippen LogP contribution in [0.2, 0.25) is 0 Å². The molecule has 0 aliphatic rings. The molecule has 5 nitrogen and oxygen atoms in total. The van der Waals surface area contributed by atoms with Crippen LogP contribution in [0.25, 0.3) is 0 Å². The summed E-state index contributed by atoms with van der Waals surface area (Å²) in [7, 11) is 4.55. The molecule has 0 aromatic carbocycles. The normalized spacial score (nSPS) is 12.1. The highest BCUT2D eigenvalue weighted by molar-refractivity contribution is 7.57. The highest BCUT2D eigenvalue weighted by Gasteiger charge is 2.10. The molecule has 0 spiro atoms. The number of esters is 2. The van der Waals surface area contributed by atoms with Gasteiger partial charge in [0, 0.05) is 12.8 Å². The van der Waals surface area contributed by atoms with E-state index in [2.05, 4.69) is 71.0 Å². The van der Waals surface area contributed by atoms with Crippen LogP contribution in [-0.2, 0) is 19.1 Å². The molecule has 0 fully saturated rings. The maximum absolute atomic E-state index is 12.2. The molecule has 0 saturated carbocycles. The van der Waals surface area contributed by atoms with Gasteiger partial charge in [0.05, 0.1) is 0 Å². The predicted octanol–water partition coefficient (Wildman–Crippen LogP) is 16.0. The van der Waals surface area contributed by atoms with Crippen molar-refractivity contribution in [3.05, 3.63) is 24.3 Å². The standard InChI is InChI=1S/C52H100NO4P/c1-7-11-35-49(36-12-8-2)39-27-30-44-56-51(54)41-25-21-17-15-19-23-32-46-58(48-34-29-43-53(5)6)47-33-24-20-16-18-22-26-42-52(55)57-45-31-28-40-50(37-13-9-3)38-14-10-4/h27-28,30-31,49-50H,7-26,29,32-48H2,1-6H3/b30-27-,31-28-. The van der Waals surface area contributed by atoms with Crippen molar-refractivity contribution in [2.24, 2.45) is 11.8 Å². The maximum Gasteiger partial charge on any atom is 0.306 e. The number of ether oxygens (including phenoxy) is 2. The Morgan fingerprint density at radius 2 is 0.776 bits per heavy atom. The van der Waals surface area contributed by atoms with Gasteiger partial charge in [-0.3, -0.25) is 9.59 Å². The Labute approximate surface area is 364 Å². The van der Waals surface area contributed by atoms with E-state index in [0.29, 0.717) is 26.1 Å². The molecule has 0 aromatic heterocycles. The van der Waals surface area contributed by atoms with Gasteiger partial charge in [0.1, 0.15) is 13.2 Å². The van der Waals surface area contributed by atoms with Gasteiger partial charge in [0.2, 0.25) is 0 Å². The highest BCUT2D eigenvalue weighted by atomic mass is 31.1. The van der Waals surface area contributed by atoms with Gasteiger partial charge in [-0.25, -0.2) is 0 Å². The Kier molecular flexibility index (Phi) is 44.4. The molecule has 0 aromatic rings. The lowest BCUT2D eigenvalue weighted by molar-refractivity contribution is -0.143. The molecule has 0 saturated heterocycles. The van der Waals surface area contributed by atoms with Crippen LogP contribution in [-0.4, -0.2) is 69.2 Å².